The molecule has 8 heteroatoms. The first-order valence-corrected chi connectivity index (χ1v) is 10.4. The summed E-state index contributed by atoms with van der Waals surface area (Å²) in [4.78, 5) is 17.3. The molecule has 2 aromatic heterocycles. The number of guanidine groups is 1. The Morgan fingerprint density at radius 2 is 2.00 bits per heavy atom. The summed E-state index contributed by atoms with van der Waals surface area (Å²) in [6.07, 6.45) is 1.96. The predicted octanol–water partition coefficient (Wildman–Crippen LogP) is 3.57. The highest BCUT2D eigenvalue weighted by molar-refractivity contribution is 14.0. The van der Waals surface area contributed by atoms with Crippen molar-refractivity contribution in [3.63, 3.8) is 0 Å². The van der Waals surface area contributed by atoms with E-state index in [1.54, 1.807) is 0 Å². The number of aromatic amines is 1. The van der Waals surface area contributed by atoms with Gasteiger partial charge in [0.15, 0.2) is 5.96 Å². The zero-order valence-corrected chi connectivity index (χ0v) is 19.2. The SMILES string of the molecule is CN=C(NCCCc1nc2ccccc2[nH]1)N1CCN(c2cccs2)CC1.I. The molecule has 0 amide bonds. The van der Waals surface area contributed by atoms with E-state index in [9.17, 15) is 0 Å². The van der Waals surface area contributed by atoms with E-state index in [0.717, 1.165) is 68.4 Å². The number of anilines is 1. The Morgan fingerprint density at radius 1 is 1.18 bits per heavy atom. The standard InChI is InChI=1S/C20H26N6S.HI/c1-21-20(26-13-11-25(12-14-26)19-9-5-15-27-19)22-10-4-8-18-23-16-6-2-3-7-17(16)24-18;/h2-3,5-7,9,15H,4,8,10-14H2,1H3,(H,21,22)(H,23,24);1H. The van der Waals surface area contributed by atoms with Crippen LogP contribution < -0.4 is 10.2 Å². The predicted molar refractivity (Wildman–Crippen MR) is 129 cm³/mol. The molecule has 150 valence electrons. The quantitative estimate of drug-likeness (QED) is 0.239. The Labute approximate surface area is 187 Å². The number of benzene rings is 1. The van der Waals surface area contributed by atoms with E-state index in [1.807, 2.05) is 36.6 Å². The van der Waals surface area contributed by atoms with Gasteiger partial charge in [0.05, 0.1) is 16.0 Å². The lowest BCUT2D eigenvalue weighted by Gasteiger charge is -2.37. The highest BCUT2D eigenvalue weighted by Crippen LogP contribution is 2.22. The fourth-order valence-electron chi connectivity index (χ4n) is 3.50. The number of nitrogens with one attached hydrogen (secondary N) is 2. The third kappa shape index (κ3) is 4.96. The number of H-pyrrole nitrogens is 1. The van der Waals surface area contributed by atoms with Gasteiger partial charge in [-0.25, -0.2) is 4.98 Å². The summed E-state index contributed by atoms with van der Waals surface area (Å²) in [6.45, 7) is 4.98. The number of aliphatic imine (C=N–C) groups is 1. The molecule has 0 unspecified atom stereocenters. The number of aryl methyl sites for hydroxylation is 1. The zero-order chi connectivity index (χ0) is 18.5. The Balaban J connectivity index is 0.00000225. The first-order chi connectivity index (χ1) is 13.3. The van der Waals surface area contributed by atoms with E-state index in [1.165, 1.54) is 5.00 Å². The maximum absolute atomic E-state index is 4.64. The van der Waals surface area contributed by atoms with Gasteiger partial charge in [0.1, 0.15) is 5.82 Å². The van der Waals surface area contributed by atoms with E-state index >= 15 is 0 Å². The largest absolute Gasteiger partial charge is 0.360 e. The Kier molecular flexibility index (Phi) is 7.55. The van der Waals surface area contributed by atoms with Crippen LogP contribution in [-0.2, 0) is 6.42 Å². The number of para-hydroxylation sites is 2. The Morgan fingerprint density at radius 3 is 2.71 bits per heavy atom. The fourth-order valence-corrected chi connectivity index (χ4v) is 4.29. The van der Waals surface area contributed by atoms with E-state index in [4.69, 9.17) is 0 Å². The first kappa shape index (κ1) is 20.9. The van der Waals surface area contributed by atoms with Crippen molar-refractivity contribution in [3.8, 4) is 0 Å². The second kappa shape index (κ2) is 10.1. The van der Waals surface area contributed by atoms with E-state index in [0.29, 0.717) is 0 Å². The van der Waals surface area contributed by atoms with Gasteiger partial charge in [0.25, 0.3) is 0 Å². The van der Waals surface area contributed by atoms with E-state index in [-0.39, 0.29) is 24.0 Å². The minimum Gasteiger partial charge on any atom is -0.360 e. The van der Waals surface area contributed by atoms with E-state index in [2.05, 4.69) is 53.7 Å². The maximum atomic E-state index is 4.64. The van der Waals surface area contributed by atoms with Crippen molar-refractivity contribution in [1.82, 2.24) is 20.2 Å². The lowest BCUT2D eigenvalue weighted by molar-refractivity contribution is 0.373. The summed E-state index contributed by atoms with van der Waals surface area (Å²) in [5.41, 5.74) is 2.15. The maximum Gasteiger partial charge on any atom is 0.193 e. The van der Waals surface area contributed by atoms with Gasteiger partial charge in [-0.2, -0.15) is 0 Å². The topological polar surface area (TPSA) is 59.6 Å². The first-order valence-electron chi connectivity index (χ1n) is 9.51. The van der Waals surface area contributed by atoms with Crippen molar-refractivity contribution in [2.75, 3.05) is 44.7 Å². The molecule has 1 fully saturated rings. The van der Waals surface area contributed by atoms with Crippen molar-refractivity contribution in [1.29, 1.82) is 0 Å². The molecular weight excluding hydrogens is 483 g/mol. The van der Waals surface area contributed by atoms with Crippen molar-refractivity contribution in [3.05, 3.63) is 47.6 Å². The van der Waals surface area contributed by atoms with Crippen molar-refractivity contribution in [2.45, 2.75) is 12.8 Å². The highest BCUT2D eigenvalue weighted by Gasteiger charge is 2.20. The van der Waals surface area contributed by atoms with Crippen molar-refractivity contribution >= 4 is 57.3 Å². The number of hydrogen-bond donors (Lipinski definition) is 2. The molecule has 0 bridgehead atoms. The number of rotatable bonds is 5. The van der Waals surface area contributed by atoms with Crippen LogP contribution in [0.15, 0.2) is 46.8 Å². The number of aromatic nitrogens is 2. The second-order valence-corrected chi connectivity index (χ2v) is 7.63. The molecule has 1 aliphatic heterocycles. The summed E-state index contributed by atoms with van der Waals surface area (Å²) >= 11 is 1.81. The number of thiophene rings is 1. The molecule has 0 aliphatic carbocycles. The van der Waals surface area contributed by atoms with Gasteiger partial charge in [-0.1, -0.05) is 12.1 Å². The monoisotopic (exact) mass is 510 g/mol. The van der Waals surface area contributed by atoms with Crippen LogP contribution in [0.5, 0.6) is 0 Å². The van der Waals surface area contributed by atoms with Crippen LogP contribution in [0.3, 0.4) is 0 Å². The average Bonchev–Trinajstić information content (AvgIpc) is 3.38. The van der Waals surface area contributed by atoms with Gasteiger partial charge in [-0.3, -0.25) is 4.99 Å². The van der Waals surface area contributed by atoms with Crippen LogP contribution in [0.1, 0.15) is 12.2 Å². The molecule has 1 aliphatic rings. The number of fused-ring (bicyclic) bond motifs is 1. The molecule has 2 N–H and O–H groups in total. The van der Waals surface area contributed by atoms with E-state index < -0.39 is 0 Å². The summed E-state index contributed by atoms with van der Waals surface area (Å²) in [7, 11) is 1.87. The molecule has 1 aromatic carbocycles. The van der Waals surface area contributed by atoms with Crippen LogP contribution in [0.2, 0.25) is 0 Å². The molecule has 3 heterocycles. The molecule has 1 saturated heterocycles. The average molecular weight is 510 g/mol. The van der Waals surface area contributed by atoms with Crippen LogP contribution >= 0.6 is 35.3 Å². The molecule has 0 atom stereocenters. The highest BCUT2D eigenvalue weighted by atomic mass is 127. The Bertz CT molecular complexity index is 850. The molecule has 4 rings (SSSR count). The third-order valence-electron chi connectivity index (χ3n) is 4.92. The van der Waals surface area contributed by atoms with Crippen LogP contribution in [0.25, 0.3) is 11.0 Å². The van der Waals surface area contributed by atoms with Crippen molar-refractivity contribution in [2.24, 2.45) is 4.99 Å². The summed E-state index contributed by atoms with van der Waals surface area (Å²) in [5.74, 6) is 2.06. The molecular formula is C20H27IN6S. The third-order valence-corrected chi connectivity index (χ3v) is 5.85. The summed E-state index contributed by atoms with van der Waals surface area (Å²) in [6, 6.07) is 12.5. The second-order valence-electron chi connectivity index (χ2n) is 6.70. The van der Waals surface area contributed by atoms with Gasteiger partial charge in [0, 0.05) is 46.2 Å². The number of piperazine rings is 1. The van der Waals surface area contributed by atoms with Gasteiger partial charge < -0.3 is 20.1 Å². The molecule has 3 aromatic rings. The van der Waals surface area contributed by atoms with Crippen LogP contribution in [0, 0.1) is 0 Å². The number of nitrogens with zero attached hydrogens (tertiary/aromatic N) is 4. The minimum absolute atomic E-state index is 0. The summed E-state index contributed by atoms with van der Waals surface area (Å²) < 4.78 is 0. The zero-order valence-electron chi connectivity index (χ0n) is 16.1. The minimum atomic E-state index is 0. The molecule has 0 spiro atoms. The van der Waals surface area contributed by atoms with Crippen LogP contribution in [-0.4, -0.2) is 60.6 Å². The lowest BCUT2D eigenvalue weighted by Crippen LogP contribution is -2.52. The lowest BCUT2D eigenvalue weighted by atomic mass is 10.3. The van der Waals surface area contributed by atoms with Gasteiger partial charge in [-0.05, 0) is 36.1 Å². The Hall–Kier alpha value is -1.81. The van der Waals surface area contributed by atoms with Crippen molar-refractivity contribution < 1.29 is 0 Å². The molecule has 0 saturated carbocycles. The van der Waals surface area contributed by atoms with Crippen LogP contribution in [0.4, 0.5) is 5.00 Å². The number of halogens is 1. The number of hydrogen-bond acceptors (Lipinski definition) is 4. The normalized spacial score (nSPS) is 15.0. The van der Waals surface area contributed by atoms with Gasteiger partial charge >= 0.3 is 0 Å². The number of imidazole rings is 1. The van der Waals surface area contributed by atoms with Gasteiger partial charge in [-0.15, -0.1) is 35.3 Å². The summed E-state index contributed by atoms with van der Waals surface area (Å²) in [5, 5.41) is 7.02. The molecule has 0 radical (unpaired) electrons. The fraction of sp³-hybridized carbons (Fsp3) is 0.400. The molecule has 28 heavy (non-hydrogen) atoms. The smallest absolute Gasteiger partial charge is 0.193 e. The van der Waals surface area contributed by atoms with Gasteiger partial charge in [0.2, 0.25) is 0 Å². The molecule has 6 nitrogen and oxygen atoms in total.